The predicted molar refractivity (Wildman–Crippen MR) is 144 cm³/mol. The minimum absolute atomic E-state index is 0.0582. The molecule has 0 aromatic heterocycles. The van der Waals surface area contributed by atoms with E-state index in [1.165, 1.54) is 9.31 Å². The minimum Gasteiger partial charge on any atom is -0.490 e. The minimum atomic E-state index is -3.64. The largest absolute Gasteiger partial charge is 0.490 e. The van der Waals surface area contributed by atoms with Gasteiger partial charge in [-0.3, -0.25) is 4.79 Å². The van der Waals surface area contributed by atoms with Crippen molar-refractivity contribution in [2.24, 2.45) is 16.9 Å². The number of carbonyl (C=O) groups is 1. The second-order valence-corrected chi connectivity index (χ2v) is 11.3. The van der Waals surface area contributed by atoms with Crippen molar-refractivity contribution >= 4 is 27.3 Å². The van der Waals surface area contributed by atoms with Crippen LogP contribution >= 0.6 is 0 Å². The highest BCUT2D eigenvalue weighted by molar-refractivity contribution is 7.89. The first-order chi connectivity index (χ1) is 18.4. The summed E-state index contributed by atoms with van der Waals surface area (Å²) >= 11 is 0. The van der Waals surface area contributed by atoms with E-state index in [0.717, 1.165) is 17.7 Å². The van der Waals surface area contributed by atoms with E-state index in [2.05, 4.69) is 6.08 Å². The number of benzene rings is 2. The monoisotopic (exact) mass is 539 g/mol. The van der Waals surface area contributed by atoms with Crippen LogP contribution in [-0.4, -0.2) is 63.9 Å². The summed E-state index contributed by atoms with van der Waals surface area (Å²) in [5, 5.41) is 6.25. The zero-order valence-electron chi connectivity index (χ0n) is 21.7. The molecule has 0 bridgehead atoms. The van der Waals surface area contributed by atoms with Gasteiger partial charge in [0.2, 0.25) is 10.0 Å². The fourth-order valence-electron chi connectivity index (χ4n) is 5.14. The number of carbonyl (C=O) groups excluding carboxylic acids is 1. The number of hydrogen-bond acceptors (Lipinski definition) is 7. The van der Waals surface area contributed by atoms with Gasteiger partial charge in [-0.1, -0.05) is 12.2 Å². The van der Waals surface area contributed by atoms with E-state index in [1.807, 2.05) is 38.1 Å². The van der Waals surface area contributed by atoms with Crippen LogP contribution in [0.1, 0.15) is 32.3 Å². The number of fused-ring (bicyclic) bond motifs is 1. The number of allylic oxidation sites excluding steroid dienone is 2. The van der Waals surface area contributed by atoms with Gasteiger partial charge in [-0.05, 0) is 69.2 Å². The Morgan fingerprint density at radius 1 is 0.921 bits per heavy atom. The third kappa shape index (κ3) is 5.08. The normalized spacial score (nSPS) is 22.1. The molecule has 38 heavy (non-hydrogen) atoms. The van der Waals surface area contributed by atoms with Gasteiger partial charge in [0.1, 0.15) is 0 Å². The Kier molecular flexibility index (Phi) is 7.83. The molecule has 2 aromatic rings. The number of sulfonamides is 1. The van der Waals surface area contributed by atoms with Gasteiger partial charge >= 0.3 is 0 Å². The Hall–Kier alpha value is -3.21. The van der Waals surface area contributed by atoms with Crippen LogP contribution in [0.3, 0.4) is 0 Å². The molecule has 10 heteroatoms. The molecule has 3 aliphatic rings. The third-order valence-electron chi connectivity index (χ3n) is 7.05. The van der Waals surface area contributed by atoms with Crippen LogP contribution in [0.5, 0.6) is 11.5 Å². The summed E-state index contributed by atoms with van der Waals surface area (Å²) in [4.78, 5) is 13.8. The highest BCUT2D eigenvalue weighted by Gasteiger charge is 2.41. The molecular weight excluding hydrogens is 506 g/mol. The van der Waals surface area contributed by atoms with Gasteiger partial charge in [0.05, 0.1) is 48.6 Å². The summed E-state index contributed by atoms with van der Waals surface area (Å²) in [6.45, 7) is 6.27. The van der Waals surface area contributed by atoms with Gasteiger partial charge in [-0.2, -0.15) is 9.41 Å². The molecule has 0 spiro atoms. The molecule has 2 atom stereocenters. The first-order valence-corrected chi connectivity index (χ1v) is 14.5. The van der Waals surface area contributed by atoms with Crippen molar-refractivity contribution in [1.29, 1.82) is 0 Å². The standard InChI is InChI=1S/C28H33N3O6S/c1-3-36-25-14-9-20(19-26(25)37-4-2)27-23-7-5-6-8-24(23)28(32)31(29-27)21-10-12-22(13-11-21)38(33,34)30-15-17-35-18-16-30/h5-6,9-14,19,23-24H,3-4,7-8,15-18H2,1-2H3. The highest BCUT2D eigenvalue weighted by Crippen LogP contribution is 2.38. The van der Waals surface area contributed by atoms with Gasteiger partial charge in [-0.15, -0.1) is 0 Å². The molecule has 1 fully saturated rings. The lowest BCUT2D eigenvalue weighted by molar-refractivity contribution is -0.123. The number of anilines is 1. The van der Waals surface area contributed by atoms with Crippen molar-refractivity contribution in [2.75, 3.05) is 44.5 Å². The molecule has 1 aliphatic carbocycles. The fourth-order valence-corrected chi connectivity index (χ4v) is 6.55. The average molecular weight is 540 g/mol. The lowest BCUT2D eigenvalue weighted by Gasteiger charge is -2.37. The number of rotatable bonds is 8. The Labute approximate surface area is 223 Å². The number of nitrogens with zero attached hydrogens (tertiary/aromatic N) is 3. The van der Waals surface area contributed by atoms with E-state index in [-0.39, 0.29) is 22.6 Å². The Morgan fingerprint density at radius 2 is 1.58 bits per heavy atom. The van der Waals surface area contributed by atoms with Gasteiger partial charge in [0.15, 0.2) is 11.5 Å². The number of morpholine rings is 1. The maximum absolute atomic E-state index is 13.6. The molecule has 2 aliphatic heterocycles. The first kappa shape index (κ1) is 26.4. The first-order valence-electron chi connectivity index (χ1n) is 13.1. The molecule has 0 saturated carbocycles. The molecular formula is C28H33N3O6S. The molecule has 2 heterocycles. The molecule has 202 valence electrons. The van der Waals surface area contributed by atoms with Gasteiger partial charge in [0.25, 0.3) is 5.91 Å². The van der Waals surface area contributed by atoms with Crippen molar-refractivity contribution in [3.63, 3.8) is 0 Å². The number of amides is 1. The fraction of sp³-hybridized carbons (Fsp3) is 0.429. The highest BCUT2D eigenvalue weighted by atomic mass is 32.2. The van der Waals surface area contributed by atoms with Crippen LogP contribution in [0.2, 0.25) is 0 Å². The van der Waals surface area contributed by atoms with Crippen molar-refractivity contribution in [2.45, 2.75) is 31.6 Å². The molecule has 0 N–H and O–H groups in total. The Bertz CT molecular complexity index is 1330. The van der Waals surface area contributed by atoms with E-state index >= 15 is 0 Å². The smallest absolute Gasteiger partial charge is 0.251 e. The number of hydrazone groups is 1. The summed E-state index contributed by atoms with van der Waals surface area (Å²) < 4.78 is 44.4. The molecule has 5 rings (SSSR count). The van der Waals surface area contributed by atoms with E-state index in [0.29, 0.717) is 63.1 Å². The predicted octanol–water partition coefficient (Wildman–Crippen LogP) is 3.84. The van der Waals surface area contributed by atoms with Crippen LogP contribution < -0.4 is 14.5 Å². The van der Waals surface area contributed by atoms with Gasteiger partial charge in [-0.25, -0.2) is 13.4 Å². The summed E-state index contributed by atoms with van der Waals surface area (Å²) in [5.74, 6) is 0.893. The van der Waals surface area contributed by atoms with E-state index in [4.69, 9.17) is 19.3 Å². The van der Waals surface area contributed by atoms with Crippen molar-refractivity contribution in [3.05, 3.63) is 60.2 Å². The summed E-state index contributed by atoms with van der Waals surface area (Å²) in [6.07, 6.45) is 5.49. The van der Waals surface area contributed by atoms with E-state index in [1.54, 1.807) is 24.3 Å². The van der Waals surface area contributed by atoms with Crippen LogP contribution in [0, 0.1) is 11.8 Å². The molecule has 1 saturated heterocycles. The zero-order valence-corrected chi connectivity index (χ0v) is 22.5. The lowest BCUT2D eigenvalue weighted by atomic mass is 9.76. The third-order valence-corrected chi connectivity index (χ3v) is 8.96. The van der Waals surface area contributed by atoms with Crippen LogP contribution in [-0.2, 0) is 19.6 Å². The van der Waals surface area contributed by atoms with Gasteiger partial charge in [0, 0.05) is 24.6 Å². The molecule has 1 amide bonds. The van der Waals surface area contributed by atoms with E-state index < -0.39 is 10.0 Å². The molecule has 9 nitrogen and oxygen atoms in total. The van der Waals surface area contributed by atoms with Crippen molar-refractivity contribution in [1.82, 2.24) is 4.31 Å². The summed E-state index contributed by atoms with van der Waals surface area (Å²) in [6, 6.07) is 12.1. The van der Waals surface area contributed by atoms with Crippen LogP contribution in [0.25, 0.3) is 0 Å². The quantitative estimate of drug-likeness (QED) is 0.473. The molecule has 2 aromatic carbocycles. The summed E-state index contributed by atoms with van der Waals surface area (Å²) in [7, 11) is -3.64. The SMILES string of the molecule is CCOc1ccc(C2=NN(c3ccc(S(=O)(=O)N4CCOCC4)cc3)C(=O)C3CC=CCC23)cc1OCC. The molecule has 2 unspecified atom stereocenters. The number of hydrogen-bond donors (Lipinski definition) is 0. The maximum Gasteiger partial charge on any atom is 0.251 e. The van der Waals surface area contributed by atoms with Gasteiger partial charge < -0.3 is 14.2 Å². The maximum atomic E-state index is 13.6. The number of ether oxygens (including phenoxy) is 3. The molecule has 0 radical (unpaired) electrons. The lowest BCUT2D eigenvalue weighted by Crippen LogP contribution is -2.45. The van der Waals surface area contributed by atoms with Crippen molar-refractivity contribution < 1.29 is 27.4 Å². The van der Waals surface area contributed by atoms with Crippen LogP contribution in [0.15, 0.2) is 64.6 Å². The Balaban J connectivity index is 1.50. The van der Waals surface area contributed by atoms with Crippen molar-refractivity contribution in [3.8, 4) is 11.5 Å². The topological polar surface area (TPSA) is 97.7 Å². The Morgan fingerprint density at radius 3 is 2.26 bits per heavy atom. The van der Waals surface area contributed by atoms with Crippen LogP contribution in [0.4, 0.5) is 5.69 Å². The zero-order chi connectivity index (χ0) is 26.7. The second kappa shape index (κ2) is 11.3. The second-order valence-electron chi connectivity index (χ2n) is 9.33. The van der Waals surface area contributed by atoms with E-state index in [9.17, 15) is 13.2 Å². The summed E-state index contributed by atoms with van der Waals surface area (Å²) in [5.41, 5.74) is 2.19. The average Bonchev–Trinajstić information content (AvgIpc) is 2.95.